The van der Waals surface area contributed by atoms with Gasteiger partial charge in [0, 0.05) is 39.3 Å². The molecule has 222 valence electrons. The lowest BCUT2D eigenvalue weighted by Gasteiger charge is -2.35. The number of esters is 1. The maximum atomic E-state index is 12.9. The largest absolute Gasteiger partial charge is 0.507 e. The molecule has 0 radical (unpaired) electrons. The zero-order valence-corrected chi connectivity index (χ0v) is 24.1. The van der Waals surface area contributed by atoms with Crippen LogP contribution in [0.2, 0.25) is 0 Å². The Balaban J connectivity index is 1.11. The molecule has 1 spiro atoms. The van der Waals surface area contributed by atoms with Gasteiger partial charge in [-0.15, -0.1) is 0 Å². The summed E-state index contributed by atoms with van der Waals surface area (Å²) in [6.07, 6.45) is 2.56. The number of carbonyl (C=O) groups excluding carboxylic acids is 1. The van der Waals surface area contributed by atoms with Crippen LogP contribution >= 0.6 is 0 Å². The second kappa shape index (κ2) is 13.9. The van der Waals surface area contributed by atoms with Crippen LogP contribution in [-0.4, -0.2) is 116 Å². The number of nitrogens with zero attached hydrogens (tertiary/aromatic N) is 2. The van der Waals surface area contributed by atoms with Crippen LogP contribution in [0.5, 0.6) is 0 Å². The Morgan fingerprint density at radius 3 is 2.10 bits per heavy atom. The van der Waals surface area contributed by atoms with E-state index < -0.39 is 17.5 Å². The lowest BCUT2D eigenvalue weighted by Crippen LogP contribution is -2.48. The van der Waals surface area contributed by atoms with Crippen LogP contribution < -0.4 is 0 Å². The van der Waals surface area contributed by atoms with E-state index in [0.29, 0.717) is 57.7 Å². The van der Waals surface area contributed by atoms with Crippen LogP contribution in [0.1, 0.15) is 47.9 Å². The van der Waals surface area contributed by atoms with Crippen molar-refractivity contribution in [3.8, 4) is 0 Å². The molecule has 1 aliphatic carbocycles. The van der Waals surface area contributed by atoms with Gasteiger partial charge in [-0.05, 0) is 63.1 Å². The minimum Gasteiger partial charge on any atom is -0.507 e. The minimum absolute atomic E-state index is 0.0557. The van der Waals surface area contributed by atoms with Crippen molar-refractivity contribution in [2.24, 2.45) is 0 Å². The SMILES string of the molecule is Cc1cc(C)c(C2=C(O)C3(CCC(OCCOCCN4CCN(CCOCC(=O)O)CC4)CC3)OC2=O)c(C)c1. The molecule has 40 heavy (non-hydrogen) atoms. The van der Waals surface area contributed by atoms with Crippen molar-refractivity contribution in [3.05, 3.63) is 40.1 Å². The molecule has 2 N–H and O–H groups in total. The molecule has 2 aliphatic heterocycles. The van der Waals surface area contributed by atoms with Gasteiger partial charge in [-0.3, -0.25) is 9.80 Å². The summed E-state index contributed by atoms with van der Waals surface area (Å²) in [6.45, 7) is 13.2. The number of piperazine rings is 1. The fourth-order valence-electron chi connectivity index (χ4n) is 6.12. The van der Waals surface area contributed by atoms with E-state index >= 15 is 0 Å². The number of benzene rings is 1. The highest BCUT2D eigenvalue weighted by atomic mass is 16.6. The van der Waals surface area contributed by atoms with Crippen LogP contribution in [0.3, 0.4) is 0 Å². The Kier molecular flexibility index (Phi) is 10.6. The van der Waals surface area contributed by atoms with Gasteiger partial charge in [0.1, 0.15) is 12.2 Å². The van der Waals surface area contributed by atoms with Crippen LogP contribution in [0, 0.1) is 20.8 Å². The number of aliphatic carboxylic acids is 1. The number of ether oxygens (including phenoxy) is 4. The second-order valence-electron chi connectivity index (χ2n) is 11.2. The van der Waals surface area contributed by atoms with Crippen molar-refractivity contribution in [1.82, 2.24) is 9.80 Å². The standard InChI is InChI=1S/C30H44N2O8/c1-21-18-22(2)26(23(3)19-21)27-28(35)30(40-29(27)36)6-4-24(5-7-30)39-17-16-37-14-12-31-8-10-32(11-9-31)13-15-38-20-25(33)34/h18-19,24,35H,4-17,20H2,1-3H3,(H,33,34). The molecular formula is C30H44N2O8. The van der Waals surface area contributed by atoms with Gasteiger partial charge in [0.2, 0.25) is 0 Å². The molecule has 10 heteroatoms. The first-order valence-corrected chi connectivity index (χ1v) is 14.4. The van der Waals surface area contributed by atoms with E-state index in [0.717, 1.165) is 61.5 Å². The van der Waals surface area contributed by atoms with Crippen molar-refractivity contribution in [3.63, 3.8) is 0 Å². The zero-order chi connectivity index (χ0) is 28.7. The zero-order valence-electron chi connectivity index (χ0n) is 24.1. The van der Waals surface area contributed by atoms with E-state index in [-0.39, 0.29) is 18.5 Å². The molecule has 0 unspecified atom stereocenters. The molecule has 2 heterocycles. The summed E-state index contributed by atoms with van der Waals surface area (Å²) in [5.74, 6) is -1.30. The highest BCUT2D eigenvalue weighted by Crippen LogP contribution is 2.46. The van der Waals surface area contributed by atoms with Crippen LogP contribution in [0.25, 0.3) is 5.57 Å². The Morgan fingerprint density at radius 2 is 1.52 bits per heavy atom. The summed E-state index contributed by atoms with van der Waals surface area (Å²) < 4.78 is 22.8. The number of carboxylic acid groups (broad SMARTS) is 1. The van der Waals surface area contributed by atoms with Crippen molar-refractivity contribution >= 4 is 17.5 Å². The molecule has 4 rings (SSSR count). The number of carboxylic acids is 1. The topological polar surface area (TPSA) is 118 Å². The van der Waals surface area contributed by atoms with Gasteiger partial charge in [0.05, 0.1) is 32.5 Å². The maximum absolute atomic E-state index is 12.9. The fourth-order valence-corrected chi connectivity index (χ4v) is 6.12. The first-order chi connectivity index (χ1) is 19.2. The smallest absolute Gasteiger partial charge is 0.343 e. The van der Waals surface area contributed by atoms with Gasteiger partial charge < -0.3 is 29.2 Å². The van der Waals surface area contributed by atoms with E-state index in [1.54, 1.807) is 0 Å². The molecule has 1 saturated carbocycles. The van der Waals surface area contributed by atoms with E-state index in [4.69, 9.17) is 24.1 Å². The average molecular weight is 561 g/mol. The normalized spacial score (nSPS) is 24.2. The summed E-state index contributed by atoms with van der Waals surface area (Å²) in [7, 11) is 0. The molecule has 3 aliphatic rings. The predicted octanol–water partition coefficient (Wildman–Crippen LogP) is 2.87. The van der Waals surface area contributed by atoms with Gasteiger partial charge in [0.15, 0.2) is 11.4 Å². The van der Waals surface area contributed by atoms with Gasteiger partial charge >= 0.3 is 11.9 Å². The molecule has 0 aromatic heterocycles. The van der Waals surface area contributed by atoms with E-state index in [2.05, 4.69) is 9.80 Å². The van der Waals surface area contributed by atoms with Gasteiger partial charge in [-0.1, -0.05) is 17.7 Å². The summed E-state index contributed by atoms with van der Waals surface area (Å²) in [5, 5.41) is 19.8. The van der Waals surface area contributed by atoms with Crippen LogP contribution in [0.4, 0.5) is 0 Å². The molecule has 1 aromatic carbocycles. The van der Waals surface area contributed by atoms with Gasteiger partial charge in [-0.25, -0.2) is 9.59 Å². The fraction of sp³-hybridized carbons (Fsp3) is 0.667. The highest BCUT2D eigenvalue weighted by molar-refractivity contribution is 6.20. The number of hydrogen-bond donors (Lipinski definition) is 2. The van der Waals surface area contributed by atoms with Crippen molar-refractivity contribution < 1.29 is 38.7 Å². The third-order valence-corrected chi connectivity index (χ3v) is 8.20. The van der Waals surface area contributed by atoms with E-state index in [9.17, 15) is 14.7 Å². The number of aryl methyl sites for hydroxylation is 3. The lowest BCUT2D eigenvalue weighted by atomic mass is 9.80. The summed E-state index contributed by atoms with van der Waals surface area (Å²) >= 11 is 0. The third kappa shape index (κ3) is 7.61. The highest BCUT2D eigenvalue weighted by Gasteiger charge is 2.51. The van der Waals surface area contributed by atoms with E-state index in [1.165, 1.54) is 0 Å². The number of aliphatic hydroxyl groups is 1. The first-order valence-electron chi connectivity index (χ1n) is 14.4. The van der Waals surface area contributed by atoms with Crippen molar-refractivity contribution in [2.75, 3.05) is 72.3 Å². The van der Waals surface area contributed by atoms with Gasteiger partial charge in [-0.2, -0.15) is 0 Å². The van der Waals surface area contributed by atoms with Crippen LogP contribution in [0.15, 0.2) is 17.9 Å². The maximum Gasteiger partial charge on any atom is 0.343 e. The first kappa shape index (κ1) is 30.5. The molecule has 0 bridgehead atoms. The average Bonchev–Trinajstić information content (AvgIpc) is 3.14. The predicted molar refractivity (Wildman–Crippen MR) is 149 cm³/mol. The Bertz CT molecular complexity index is 1050. The number of hydrogen-bond acceptors (Lipinski definition) is 9. The Morgan fingerprint density at radius 1 is 0.950 bits per heavy atom. The molecule has 10 nitrogen and oxygen atoms in total. The van der Waals surface area contributed by atoms with Crippen LogP contribution in [-0.2, 0) is 28.5 Å². The number of rotatable bonds is 13. The third-order valence-electron chi connectivity index (χ3n) is 8.20. The summed E-state index contributed by atoms with van der Waals surface area (Å²) in [5.41, 5.74) is 3.21. The summed E-state index contributed by atoms with van der Waals surface area (Å²) in [6, 6.07) is 4.05. The number of carbonyl (C=O) groups is 2. The van der Waals surface area contributed by atoms with E-state index in [1.807, 2.05) is 32.9 Å². The summed E-state index contributed by atoms with van der Waals surface area (Å²) in [4.78, 5) is 28.0. The molecular weight excluding hydrogens is 516 g/mol. The van der Waals surface area contributed by atoms with Gasteiger partial charge in [0.25, 0.3) is 0 Å². The molecule has 2 fully saturated rings. The Hall–Kier alpha value is -2.50. The number of aliphatic hydroxyl groups excluding tert-OH is 1. The molecule has 1 saturated heterocycles. The van der Waals surface area contributed by atoms with Crippen molar-refractivity contribution in [2.45, 2.75) is 58.2 Å². The quantitative estimate of drug-likeness (QED) is 0.275. The second-order valence-corrected chi connectivity index (χ2v) is 11.2. The molecule has 0 atom stereocenters. The minimum atomic E-state index is -0.942. The van der Waals surface area contributed by atoms with Crippen molar-refractivity contribution in [1.29, 1.82) is 0 Å². The Labute approximate surface area is 236 Å². The monoisotopic (exact) mass is 560 g/mol. The lowest BCUT2D eigenvalue weighted by molar-refractivity contribution is -0.152. The molecule has 0 amide bonds. The molecule has 1 aromatic rings.